The van der Waals surface area contributed by atoms with Crippen LogP contribution in [-0.4, -0.2) is 37.4 Å². The Hall–Kier alpha value is -2.82. The molecule has 0 spiro atoms. The summed E-state index contributed by atoms with van der Waals surface area (Å²) in [4.78, 5) is 1.55. The van der Waals surface area contributed by atoms with Crippen LogP contribution in [0.3, 0.4) is 0 Å². The number of nitrogens with one attached hydrogen (secondary N) is 1. The van der Waals surface area contributed by atoms with Gasteiger partial charge < -0.3 is 9.64 Å². The van der Waals surface area contributed by atoms with Crippen LogP contribution in [0, 0.1) is 0 Å². The van der Waals surface area contributed by atoms with E-state index in [0.717, 1.165) is 49.1 Å². The molecule has 154 valence electrons. The summed E-state index contributed by atoms with van der Waals surface area (Å²) in [5.41, 5.74) is 3.47. The number of rotatable bonds is 7. The number of nitrogens with zero attached hydrogens (tertiary/aromatic N) is 2. The highest BCUT2D eigenvalue weighted by Gasteiger charge is 2.19. The van der Waals surface area contributed by atoms with E-state index in [2.05, 4.69) is 34.4 Å². The molecule has 3 aromatic carbocycles. The molecular weight excluding hydrogens is 394 g/mol. The molecule has 0 aromatic heterocycles. The predicted octanol–water partition coefficient (Wildman–Crippen LogP) is 3.65. The lowest BCUT2D eigenvalue weighted by molar-refractivity contribution is -0.918. The largest absolute Gasteiger partial charge is 0.489 e. The van der Waals surface area contributed by atoms with E-state index >= 15 is 0 Å². The maximum atomic E-state index is 6.30. The van der Waals surface area contributed by atoms with Crippen LogP contribution in [0.15, 0.2) is 84.0 Å². The average Bonchev–Trinajstić information content (AvgIpc) is 2.80. The number of benzene rings is 3. The second-order valence-corrected chi connectivity index (χ2v) is 7.97. The molecule has 0 bridgehead atoms. The number of piperazine rings is 1. The molecule has 30 heavy (non-hydrogen) atoms. The summed E-state index contributed by atoms with van der Waals surface area (Å²) in [6.07, 6.45) is 1.93. The van der Waals surface area contributed by atoms with Crippen molar-refractivity contribution >= 4 is 17.8 Å². The zero-order chi connectivity index (χ0) is 20.6. The molecule has 0 saturated carbocycles. The molecule has 0 amide bonds. The Bertz CT molecular complexity index is 952. The fourth-order valence-electron chi connectivity index (χ4n) is 3.55. The summed E-state index contributed by atoms with van der Waals surface area (Å²) in [5, 5.41) is 7.68. The van der Waals surface area contributed by atoms with E-state index in [-0.39, 0.29) is 0 Å². The van der Waals surface area contributed by atoms with Gasteiger partial charge in [0.1, 0.15) is 18.9 Å². The van der Waals surface area contributed by atoms with Crippen LogP contribution in [0.2, 0.25) is 5.02 Å². The number of hydrogen-bond acceptors (Lipinski definition) is 3. The molecule has 3 aromatic rings. The van der Waals surface area contributed by atoms with E-state index < -0.39 is 0 Å². The zero-order valence-corrected chi connectivity index (χ0v) is 17.8. The molecule has 1 saturated heterocycles. The minimum absolute atomic E-state index is 0.578. The van der Waals surface area contributed by atoms with E-state index in [4.69, 9.17) is 16.3 Å². The quantitative estimate of drug-likeness (QED) is 0.591. The van der Waals surface area contributed by atoms with E-state index in [1.807, 2.05) is 60.8 Å². The third-order valence-corrected chi connectivity index (χ3v) is 5.71. The minimum Gasteiger partial charge on any atom is -0.489 e. The Morgan fingerprint density at radius 1 is 0.900 bits per heavy atom. The molecule has 4 nitrogen and oxygen atoms in total. The van der Waals surface area contributed by atoms with Gasteiger partial charge in [-0.2, -0.15) is 5.10 Å². The average molecular weight is 421 g/mol. The van der Waals surface area contributed by atoms with Crippen LogP contribution in [-0.2, 0) is 13.2 Å². The maximum absolute atomic E-state index is 6.30. The highest BCUT2D eigenvalue weighted by atomic mass is 35.5. The van der Waals surface area contributed by atoms with Crippen molar-refractivity contribution in [3.63, 3.8) is 0 Å². The monoisotopic (exact) mass is 420 g/mol. The molecule has 0 aliphatic carbocycles. The van der Waals surface area contributed by atoms with Gasteiger partial charge in [0.15, 0.2) is 0 Å². The number of quaternary nitrogens is 1. The fraction of sp³-hybridized carbons (Fsp3) is 0.240. The van der Waals surface area contributed by atoms with Crippen LogP contribution in [0.5, 0.6) is 5.75 Å². The second-order valence-electron chi connectivity index (χ2n) is 7.56. The first-order chi connectivity index (χ1) is 14.8. The van der Waals surface area contributed by atoms with Gasteiger partial charge in [-0.3, -0.25) is 5.01 Å². The zero-order valence-electron chi connectivity index (χ0n) is 17.0. The summed E-state index contributed by atoms with van der Waals surface area (Å²) >= 11 is 6.30. The van der Waals surface area contributed by atoms with Gasteiger partial charge in [0.2, 0.25) is 0 Å². The molecule has 1 fully saturated rings. The molecule has 0 radical (unpaired) electrons. The van der Waals surface area contributed by atoms with Crippen LogP contribution in [0.1, 0.15) is 16.7 Å². The van der Waals surface area contributed by atoms with Crippen molar-refractivity contribution in [2.24, 2.45) is 5.10 Å². The smallest absolute Gasteiger partial charge is 0.119 e. The standard InChI is InChI=1S/C25H26ClN3O/c26-25-9-5-4-8-23(25)19-28-14-16-29(17-15-28)27-18-21-10-12-24(13-11-21)30-20-22-6-2-1-3-7-22/h1-13,18H,14-17,19-20H2/p+1/b27-18-. The Kier molecular flexibility index (Phi) is 7.01. The van der Waals surface area contributed by atoms with E-state index in [1.165, 1.54) is 11.1 Å². The SMILES string of the molecule is Clc1ccccc1C[NH+]1CCN(/N=C\c2ccc(OCc3ccccc3)cc2)CC1. The lowest BCUT2D eigenvalue weighted by Crippen LogP contribution is -3.13. The van der Waals surface area contributed by atoms with Gasteiger partial charge in [0.05, 0.1) is 32.4 Å². The predicted molar refractivity (Wildman–Crippen MR) is 122 cm³/mol. The number of hydrazone groups is 1. The molecule has 1 heterocycles. The molecule has 0 unspecified atom stereocenters. The van der Waals surface area contributed by atoms with Crippen molar-refractivity contribution in [2.75, 3.05) is 26.2 Å². The molecule has 4 rings (SSSR count). The maximum Gasteiger partial charge on any atom is 0.119 e. The second kappa shape index (κ2) is 10.3. The Labute approximate surface area is 183 Å². The van der Waals surface area contributed by atoms with Crippen molar-refractivity contribution in [1.29, 1.82) is 0 Å². The van der Waals surface area contributed by atoms with Gasteiger partial charge >= 0.3 is 0 Å². The van der Waals surface area contributed by atoms with Gasteiger partial charge in [0.25, 0.3) is 0 Å². The fourth-order valence-corrected chi connectivity index (χ4v) is 3.76. The van der Waals surface area contributed by atoms with Gasteiger partial charge in [-0.05, 0) is 41.5 Å². The van der Waals surface area contributed by atoms with Crippen LogP contribution in [0.4, 0.5) is 0 Å². The third kappa shape index (κ3) is 5.85. The summed E-state index contributed by atoms with van der Waals surface area (Å²) in [6, 6.07) is 26.4. The van der Waals surface area contributed by atoms with Crippen molar-refractivity contribution in [3.8, 4) is 5.75 Å². The Balaban J connectivity index is 1.23. The molecule has 1 aliphatic rings. The number of hydrogen-bond donors (Lipinski definition) is 1. The topological polar surface area (TPSA) is 29.3 Å². The third-order valence-electron chi connectivity index (χ3n) is 5.34. The Morgan fingerprint density at radius 2 is 1.60 bits per heavy atom. The number of ether oxygens (including phenoxy) is 1. The van der Waals surface area contributed by atoms with Crippen molar-refractivity contribution < 1.29 is 9.64 Å². The summed E-state index contributed by atoms with van der Waals surface area (Å²) < 4.78 is 5.84. The van der Waals surface area contributed by atoms with E-state index in [1.54, 1.807) is 4.90 Å². The van der Waals surface area contributed by atoms with Crippen molar-refractivity contribution in [1.82, 2.24) is 5.01 Å². The van der Waals surface area contributed by atoms with Crippen LogP contribution in [0.25, 0.3) is 0 Å². The Morgan fingerprint density at radius 3 is 2.33 bits per heavy atom. The molecule has 1 aliphatic heterocycles. The first-order valence-corrected chi connectivity index (χ1v) is 10.8. The van der Waals surface area contributed by atoms with Gasteiger partial charge in [-0.25, -0.2) is 0 Å². The minimum atomic E-state index is 0.578. The first kappa shape index (κ1) is 20.5. The lowest BCUT2D eigenvalue weighted by Gasteiger charge is -2.30. The highest BCUT2D eigenvalue weighted by Crippen LogP contribution is 2.14. The van der Waals surface area contributed by atoms with Crippen LogP contribution < -0.4 is 9.64 Å². The van der Waals surface area contributed by atoms with Crippen molar-refractivity contribution in [2.45, 2.75) is 13.2 Å². The molecular formula is C25H27ClN3O+. The highest BCUT2D eigenvalue weighted by molar-refractivity contribution is 6.31. The first-order valence-electron chi connectivity index (χ1n) is 10.4. The summed E-state index contributed by atoms with van der Waals surface area (Å²) in [7, 11) is 0. The lowest BCUT2D eigenvalue weighted by atomic mass is 10.2. The summed E-state index contributed by atoms with van der Waals surface area (Å²) in [5.74, 6) is 0.868. The van der Waals surface area contributed by atoms with Gasteiger partial charge in [0, 0.05) is 10.6 Å². The molecule has 1 N–H and O–H groups in total. The van der Waals surface area contributed by atoms with E-state index in [0.29, 0.717) is 6.61 Å². The van der Waals surface area contributed by atoms with Gasteiger partial charge in [-0.15, -0.1) is 0 Å². The van der Waals surface area contributed by atoms with E-state index in [9.17, 15) is 0 Å². The molecule has 0 atom stereocenters. The summed E-state index contributed by atoms with van der Waals surface area (Å²) in [6.45, 7) is 5.59. The van der Waals surface area contributed by atoms with Crippen LogP contribution >= 0.6 is 11.6 Å². The number of halogens is 1. The molecule has 5 heteroatoms. The normalized spacial score (nSPS) is 14.9. The van der Waals surface area contributed by atoms with Gasteiger partial charge in [-0.1, -0.05) is 60.1 Å². The van der Waals surface area contributed by atoms with Crippen molar-refractivity contribution in [3.05, 3.63) is 101 Å².